The summed E-state index contributed by atoms with van der Waals surface area (Å²) in [7, 11) is 1.27. The molecule has 0 aliphatic heterocycles. The van der Waals surface area contributed by atoms with Crippen LogP contribution in [0.15, 0.2) is 36.4 Å². The van der Waals surface area contributed by atoms with E-state index in [0.29, 0.717) is 0 Å². The van der Waals surface area contributed by atoms with Crippen molar-refractivity contribution in [3.63, 3.8) is 0 Å². The molecular weight excluding hydrogens is 315 g/mol. The summed E-state index contributed by atoms with van der Waals surface area (Å²) in [6.07, 6.45) is 0. The number of amides is 1. The molecule has 21 heavy (non-hydrogen) atoms. The quantitative estimate of drug-likeness (QED) is 0.693. The Hall–Kier alpha value is -2.11. The number of ether oxygens (including phenoxy) is 1. The van der Waals surface area contributed by atoms with E-state index in [1.807, 2.05) is 0 Å². The molecule has 1 amide bonds. The normalized spacial score (nSPS) is 10.0. The smallest absolute Gasteiger partial charge is 0.337 e. The molecule has 0 spiro atoms. The first kappa shape index (κ1) is 15.3. The van der Waals surface area contributed by atoms with Crippen LogP contribution in [0.3, 0.4) is 0 Å². The highest BCUT2D eigenvalue weighted by Gasteiger charge is 2.13. The third-order valence-electron chi connectivity index (χ3n) is 2.58. The molecule has 0 atom stereocenters. The molecule has 1 N–H and O–H groups in total. The number of methoxy groups -OCH3 is 1. The van der Waals surface area contributed by atoms with E-state index in [4.69, 9.17) is 23.2 Å². The fourth-order valence-corrected chi connectivity index (χ4v) is 1.92. The molecule has 1 aromatic carbocycles. The van der Waals surface area contributed by atoms with Crippen molar-refractivity contribution in [2.75, 3.05) is 12.4 Å². The maximum Gasteiger partial charge on any atom is 0.337 e. The van der Waals surface area contributed by atoms with E-state index in [2.05, 4.69) is 15.0 Å². The zero-order chi connectivity index (χ0) is 15.4. The summed E-state index contributed by atoms with van der Waals surface area (Å²) in [5, 5.41) is 3.07. The van der Waals surface area contributed by atoms with E-state index < -0.39 is 11.9 Å². The molecule has 5 nitrogen and oxygen atoms in total. The number of carbonyl (C=O) groups is 2. The summed E-state index contributed by atoms with van der Waals surface area (Å²) in [6.45, 7) is 0. The molecule has 7 heteroatoms. The molecule has 0 radical (unpaired) electrons. The Balaban J connectivity index is 2.26. The largest absolute Gasteiger partial charge is 0.465 e. The SMILES string of the molecule is COC(=O)c1ccc(Cl)c(NC(=O)c2cccc(Cl)n2)c1. The molecule has 2 rings (SSSR count). The Labute approximate surface area is 130 Å². The van der Waals surface area contributed by atoms with Crippen molar-refractivity contribution in [1.82, 2.24) is 4.98 Å². The monoisotopic (exact) mass is 324 g/mol. The van der Waals surface area contributed by atoms with Gasteiger partial charge in [-0.2, -0.15) is 0 Å². The van der Waals surface area contributed by atoms with Crippen LogP contribution in [0.25, 0.3) is 0 Å². The average Bonchev–Trinajstić information content (AvgIpc) is 2.48. The summed E-state index contributed by atoms with van der Waals surface area (Å²) in [4.78, 5) is 27.4. The van der Waals surface area contributed by atoms with E-state index in [1.54, 1.807) is 12.1 Å². The van der Waals surface area contributed by atoms with Crippen molar-refractivity contribution < 1.29 is 14.3 Å². The van der Waals surface area contributed by atoms with Crippen LogP contribution in [0.5, 0.6) is 0 Å². The summed E-state index contributed by atoms with van der Waals surface area (Å²) >= 11 is 11.7. The molecule has 1 aromatic heterocycles. The van der Waals surface area contributed by atoms with Crippen molar-refractivity contribution in [2.24, 2.45) is 0 Å². The predicted molar refractivity (Wildman–Crippen MR) is 80.0 cm³/mol. The molecule has 0 fully saturated rings. The molecular formula is C14H10Cl2N2O3. The first-order valence-corrected chi connectivity index (χ1v) is 6.58. The number of pyridine rings is 1. The van der Waals surface area contributed by atoms with Gasteiger partial charge in [0.1, 0.15) is 10.8 Å². The molecule has 0 saturated carbocycles. The number of halogens is 2. The summed E-state index contributed by atoms with van der Waals surface area (Å²) < 4.78 is 4.61. The van der Waals surface area contributed by atoms with Gasteiger partial charge in [0.15, 0.2) is 0 Å². The number of hydrogen-bond donors (Lipinski definition) is 1. The average molecular weight is 325 g/mol. The highest BCUT2D eigenvalue weighted by molar-refractivity contribution is 6.34. The van der Waals surface area contributed by atoms with Gasteiger partial charge in [0.2, 0.25) is 0 Å². The zero-order valence-electron chi connectivity index (χ0n) is 10.9. The van der Waals surface area contributed by atoms with Crippen molar-refractivity contribution >= 4 is 40.8 Å². The Morgan fingerprint density at radius 2 is 1.95 bits per heavy atom. The summed E-state index contributed by atoms with van der Waals surface area (Å²) in [5.74, 6) is -1.01. The maximum absolute atomic E-state index is 12.1. The molecule has 2 aromatic rings. The lowest BCUT2D eigenvalue weighted by atomic mass is 10.2. The minimum absolute atomic E-state index is 0.141. The van der Waals surface area contributed by atoms with Crippen molar-refractivity contribution in [3.8, 4) is 0 Å². The standard InChI is InChI=1S/C14H10Cl2N2O3/c1-21-14(20)8-5-6-9(15)11(7-8)18-13(19)10-3-2-4-12(16)17-10/h2-7H,1H3,(H,18,19). The second-order valence-electron chi connectivity index (χ2n) is 3.99. The van der Waals surface area contributed by atoms with Crippen molar-refractivity contribution in [2.45, 2.75) is 0 Å². The first-order valence-electron chi connectivity index (χ1n) is 5.83. The first-order chi connectivity index (χ1) is 10.0. The number of hydrogen-bond acceptors (Lipinski definition) is 4. The number of nitrogens with zero attached hydrogens (tertiary/aromatic N) is 1. The zero-order valence-corrected chi connectivity index (χ0v) is 12.4. The molecule has 0 unspecified atom stereocenters. The molecule has 0 aliphatic carbocycles. The van der Waals surface area contributed by atoms with Gasteiger partial charge in [-0.1, -0.05) is 29.3 Å². The highest BCUT2D eigenvalue weighted by Crippen LogP contribution is 2.24. The predicted octanol–water partition coefficient (Wildman–Crippen LogP) is 3.43. The second-order valence-corrected chi connectivity index (χ2v) is 4.78. The number of carbonyl (C=O) groups excluding carboxylic acids is 2. The van der Waals surface area contributed by atoms with Crippen LogP contribution >= 0.6 is 23.2 Å². The Morgan fingerprint density at radius 3 is 2.62 bits per heavy atom. The van der Waals surface area contributed by atoms with Gasteiger partial charge in [-0.15, -0.1) is 0 Å². The van der Waals surface area contributed by atoms with E-state index >= 15 is 0 Å². The minimum Gasteiger partial charge on any atom is -0.465 e. The van der Waals surface area contributed by atoms with Crippen LogP contribution in [-0.4, -0.2) is 24.0 Å². The molecule has 108 valence electrons. The fourth-order valence-electron chi connectivity index (χ4n) is 1.59. The van der Waals surface area contributed by atoms with Gasteiger partial charge in [0.05, 0.1) is 23.4 Å². The lowest BCUT2D eigenvalue weighted by molar-refractivity contribution is 0.0600. The van der Waals surface area contributed by atoms with E-state index in [9.17, 15) is 9.59 Å². The summed E-state index contributed by atoms with van der Waals surface area (Å²) in [5.41, 5.74) is 0.699. The van der Waals surface area contributed by atoms with E-state index in [1.165, 1.54) is 31.4 Å². The van der Waals surface area contributed by atoms with E-state index in [-0.39, 0.29) is 27.1 Å². The van der Waals surface area contributed by atoms with Crippen LogP contribution in [-0.2, 0) is 4.74 Å². The van der Waals surface area contributed by atoms with E-state index in [0.717, 1.165) is 0 Å². The van der Waals surface area contributed by atoms with Gasteiger partial charge >= 0.3 is 5.97 Å². The lowest BCUT2D eigenvalue weighted by Crippen LogP contribution is -2.14. The fraction of sp³-hybridized carbons (Fsp3) is 0.0714. The number of esters is 1. The number of anilines is 1. The number of nitrogens with one attached hydrogen (secondary N) is 1. The Kier molecular flexibility index (Phi) is 4.77. The van der Waals surface area contributed by atoms with Gasteiger partial charge in [0.25, 0.3) is 5.91 Å². The van der Waals surface area contributed by atoms with Crippen LogP contribution in [0.1, 0.15) is 20.8 Å². The van der Waals surface area contributed by atoms with Crippen molar-refractivity contribution in [3.05, 3.63) is 57.8 Å². The van der Waals surface area contributed by atoms with Crippen LogP contribution in [0.2, 0.25) is 10.2 Å². The van der Waals surface area contributed by atoms with Gasteiger partial charge in [-0.3, -0.25) is 4.79 Å². The van der Waals surface area contributed by atoms with Crippen LogP contribution in [0.4, 0.5) is 5.69 Å². The number of rotatable bonds is 3. The number of aromatic nitrogens is 1. The second kappa shape index (κ2) is 6.56. The topological polar surface area (TPSA) is 68.3 Å². The minimum atomic E-state index is -0.525. The molecule has 0 saturated heterocycles. The third kappa shape index (κ3) is 3.71. The Bertz CT molecular complexity index is 704. The summed E-state index contributed by atoms with van der Waals surface area (Å²) in [6, 6.07) is 9.10. The van der Waals surface area contributed by atoms with Crippen LogP contribution < -0.4 is 5.32 Å². The maximum atomic E-state index is 12.1. The van der Waals surface area contributed by atoms with Gasteiger partial charge in [0, 0.05) is 0 Å². The van der Waals surface area contributed by atoms with Crippen molar-refractivity contribution in [1.29, 1.82) is 0 Å². The number of benzene rings is 1. The third-order valence-corrected chi connectivity index (χ3v) is 3.12. The molecule has 0 aliphatic rings. The highest BCUT2D eigenvalue weighted by atomic mass is 35.5. The lowest BCUT2D eigenvalue weighted by Gasteiger charge is -2.08. The van der Waals surface area contributed by atoms with Gasteiger partial charge < -0.3 is 10.1 Å². The molecule has 0 bridgehead atoms. The van der Waals surface area contributed by atoms with Gasteiger partial charge in [-0.05, 0) is 30.3 Å². The van der Waals surface area contributed by atoms with Gasteiger partial charge in [-0.25, -0.2) is 9.78 Å². The molecule has 1 heterocycles. The van der Waals surface area contributed by atoms with Crippen LogP contribution in [0, 0.1) is 0 Å². The Morgan fingerprint density at radius 1 is 1.19 bits per heavy atom.